The monoisotopic (exact) mass is 354 g/mol. The summed E-state index contributed by atoms with van der Waals surface area (Å²) >= 11 is 5.97. The molecule has 0 radical (unpaired) electrons. The fraction of sp³-hybridized carbons (Fsp3) is 0.211. The molecule has 25 heavy (non-hydrogen) atoms. The third-order valence-electron chi connectivity index (χ3n) is 3.98. The fourth-order valence-electron chi connectivity index (χ4n) is 2.57. The molecule has 5 nitrogen and oxygen atoms in total. The lowest BCUT2D eigenvalue weighted by Gasteiger charge is -2.06. The first-order valence-corrected chi connectivity index (χ1v) is 8.44. The van der Waals surface area contributed by atoms with E-state index in [1.54, 1.807) is 4.68 Å². The first kappa shape index (κ1) is 17.2. The lowest BCUT2D eigenvalue weighted by molar-refractivity contribution is 0.0948. The number of hydrogen-bond donors (Lipinski definition) is 1. The van der Waals surface area contributed by atoms with Gasteiger partial charge < -0.3 is 5.32 Å². The number of benzene rings is 2. The zero-order valence-electron chi connectivity index (χ0n) is 14.2. The summed E-state index contributed by atoms with van der Waals surface area (Å²) in [7, 11) is 0. The Bertz CT molecular complexity index is 887. The molecule has 1 amide bonds. The van der Waals surface area contributed by atoms with E-state index in [9.17, 15) is 4.79 Å². The van der Waals surface area contributed by atoms with Crippen molar-refractivity contribution in [3.05, 3.63) is 76.1 Å². The molecular weight excluding hydrogens is 336 g/mol. The minimum Gasteiger partial charge on any atom is -0.350 e. The molecule has 1 aromatic heterocycles. The van der Waals surface area contributed by atoms with Crippen LogP contribution in [0, 0.1) is 13.8 Å². The predicted molar refractivity (Wildman–Crippen MR) is 98.3 cm³/mol. The highest BCUT2D eigenvalue weighted by atomic mass is 35.5. The van der Waals surface area contributed by atoms with Crippen LogP contribution in [0.25, 0.3) is 5.69 Å². The summed E-state index contributed by atoms with van der Waals surface area (Å²) in [6, 6.07) is 15.5. The highest BCUT2D eigenvalue weighted by Crippen LogP contribution is 2.13. The Morgan fingerprint density at radius 2 is 1.92 bits per heavy atom. The normalized spacial score (nSPS) is 10.7. The Morgan fingerprint density at radius 1 is 1.16 bits per heavy atom. The summed E-state index contributed by atoms with van der Waals surface area (Å²) in [5.41, 5.74) is 4.18. The van der Waals surface area contributed by atoms with Gasteiger partial charge in [0.2, 0.25) is 0 Å². The molecule has 2 aromatic carbocycles. The minimum absolute atomic E-state index is 0.224. The molecule has 128 valence electrons. The number of aryl methyl sites for hydroxylation is 1. The molecular formula is C19H19ClN4O. The lowest BCUT2D eigenvalue weighted by atomic mass is 10.1. The number of halogens is 1. The Kier molecular flexibility index (Phi) is 5.14. The number of carbonyl (C=O) groups excluding carboxylic acids is 1. The standard InChI is InChI=1S/C19H19ClN4O/c1-13-6-8-17(9-7-13)24-14(2)18(22-23-24)19(25)21-11-10-15-4-3-5-16(20)12-15/h3-9,12H,10-11H2,1-2H3,(H,21,25). The zero-order chi connectivity index (χ0) is 17.8. The van der Waals surface area contributed by atoms with Crippen LogP contribution < -0.4 is 5.32 Å². The van der Waals surface area contributed by atoms with E-state index in [0.717, 1.165) is 11.3 Å². The Morgan fingerprint density at radius 3 is 2.64 bits per heavy atom. The third kappa shape index (κ3) is 4.06. The average molecular weight is 355 g/mol. The summed E-state index contributed by atoms with van der Waals surface area (Å²) in [5, 5.41) is 11.7. The Balaban J connectivity index is 1.65. The van der Waals surface area contributed by atoms with Gasteiger partial charge in [-0.1, -0.05) is 46.6 Å². The summed E-state index contributed by atoms with van der Waals surface area (Å²) in [5.74, 6) is -0.224. The second-order valence-electron chi connectivity index (χ2n) is 5.91. The van der Waals surface area contributed by atoms with E-state index in [4.69, 9.17) is 11.6 Å². The van der Waals surface area contributed by atoms with E-state index in [1.165, 1.54) is 5.56 Å². The van der Waals surface area contributed by atoms with E-state index >= 15 is 0 Å². The fourth-order valence-corrected chi connectivity index (χ4v) is 2.78. The number of hydrogen-bond acceptors (Lipinski definition) is 3. The van der Waals surface area contributed by atoms with Crippen molar-refractivity contribution in [1.29, 1.82) is 0 Å². The summed E-state index contributed by atoms with van der Waals surface area (Å²) < 4.78 is 1.67. The van der Waals surface area contributed by atoms with E-state index in [0.29, 0.717) is 29.4 Å². The molecule has 0 saturated heterocycles. The maximum absolute atomic E-state index is 12.4. The molecule has 0 spiro atoms. The number of rotatable bonds is 5. The second-order valence-corrected chi connectivity index (χ2v) is 6.34. The number of aromatic nitrogens is 3. The van der Waals surface area contributed by atoms with Crippen LogP contribution in [0.4, 0.5) is 0 Å². The van der Waals surface area contributed by atoms with E-state index in [2.05, 4.69) is 15.6 Å². The van der Waals surface area contributed by atoms with Crippen LogP contribution in [0.3, 0.4) is 0 Å². The largest absolute Gasteiger partial charge is 0.350 e. The molecule has 3 aromatic rings. The van der Waals surface area contributed by atoms with Crippen LogP contribution >= 0.6 is 11.6 Å². The summed E-state index contributed by atoms with van der Waals surface area (Å²) in [4.78, 5) is 12.4. The Labute approximate surface area is 151 Å². The molecule has 0 aliphatic rings. The molecule has 0 fully saturated rings. The van der Waals surface area contributed by atoms with Gasteiger partial charge in [-0.2, -0.15) is 0 Å². The molecule has 0 unspecified atom stereocenters. The predicted octanol–water partition coefficient (Wildman–Crippen LogP) is 3.51. The Hall–Kier alpha value is -2.66. The quantitative estimate of drug-likeness (QED) is 0.762. The number of nitrogens with zero attached hydrogens (tertiary/aromatic N) is 3. The van der Waals surface area contributed by atoms with Gasteiger partial charge in [-0.3, -0.25) is 4.79 Å². The van der Waals surface area contributed by atoms with Gasteiger partial charge in [0.25, 0.3) is 5.91 Å². The van der Waals surface area contributed by atoms with Crippen molar-refractivity contribution in [2.75, 3.05) is 6.54 Å². The van der Waals surface area contributed by atoms with Crippen molar-refractivity contribution < 1.29 is 4.79 Å². The molecule has 0 aliphatic carbocycles. The van der Waals surface area contributed by atoms with Gasteiger partial charge >= 0.3 is 0 Å². The maximum Gasteiger partial charge on any atom is 0.273 e. The highest BCUT2D eigenvalue weighted by molar-refractivity contribution is 6.30. The molecule has 0 bridgehead atoms. The van der Waals surface area contributed by atoms with E-state index in [-0.39, 0.29) is 5.91 Å². The van der Waals surface area contributed by atoms with Gasteiger partial charge in [-0.05, 0) is 50.1 Å². The van der Waals surface area contributed by atoms with Crippen LogP contribution in [0.1, 0.15) is 27.3 Å². The van der Waals surface area contributed by atoms with Crippen LogP contribution in [0.15, 0.2) is 48.5 Å². The molecule has 0 saturated carbocycles. The molecule has 3 rings (SSSR count). The SMILES string of the molecule is Cc1ccc(-n2nnc(C(=O)NCCc3cccc(Cl)c3)c2C)cc1. The maximum atomic E-state index is 12.4. The van der Waals surface area contributed by atoms with Crippen molar-refractivity contribution in [3.63, 3.8) is 0 Å². The number of nitrogens with one attached hydrogen (secondary N) is 1. The topological polar surface area (TPSA) is 59.8 Å². The van der Waals surface area contributed by atoms with Gasteiger partial charge in [0, 0.05) is 11.6 Å². The van der Waals surface area contributed by atoms with Crippen LogP contribution in [0.5, 0.6) is 0 Å². The summed E-state index contributed by atoms with van der Waals surface area (Å²) in [6.45, 7) is 4.37. The van der Waals surface area contributed by atoms with E-state index < -0.39 is 0 Å². The molecule has 1 heterocycles. The third-order valence-corrected chi connectivity index (χ3v) is 4.21. The van der Waals surface area contributed by atoms with Crippen LogP contribution in [0.2, 0.25) is 5.02 Å². The smallest absolute Gasteiger partial charge is 0.273 e. The van der Waals surface area contributed by atoms with Gasteiger partial charge in [0.1, 0.15) is 0 Å². The number of carbonyl (C=O) groups is 1. The lowest BCUT2D eigenvalue weighted by Crippen LogP contribution is -2.26. The highest BCUT2D eigenvalue weighted by Gasteiger charge is 2.16. The van der Waals surface area contributed by atoms with Crippen molar-refractivity contribution in [3.8, 4) is 5.69 Å². The van der Waals surface area contributed by atoms with Crippen molar-refractivity contribution in [1.82, 2.24) is 20.3 Å². The van der Waals surface area contributed by atoms with Crippen molar-refractivity contribution in [2.24, 2.45) is 0 Å². The van der Waals surface area contributed by atoms with Gasteiger partial charge in [-0.25, -0.2) is 4.68 Å². The molecule has 6 heteroatoms. The molecule has 0 atom stereocenters. The first-order chi connectivity index (χ1) is 12.0. The van der Waals surface area contributed by atoms with Gasteiger partial charge in [0.05, 0.1) is 11.4 Å². The van der Waals surface area contributed by atoms with Crippen LogP contribution in [-0.4, -0.2) is 27.4 Å². The van der Waals surface area contributed by atoms with Gasteiger partial charge in [-0.15, -0.1) is 5.10 Å². The molecule has 1 N–H and O–H groups in total. The minimum atomic E-state index is -0.224. The molecule has 0 aliphatic heterocycles. The number of amides is 1. The summed E-state index contributed by atoms with van der Waals surface area (Å²) in [6.07, 6.45) is 0.706. The van der Waals surface area contributed by atoms with E-state index in [1.807, 2.05) is 62.4 Å². The van der Waals surface area contributed by atoms with Crippen molar-refractivity contribution >= 4 is 17.5 Å². The van der Waals surface area contributed by atoms with Crippen molar-refractivity contribution in [2.45, 2.75) is 20.3 Å². The van der Waals surface area contributed by atoms with Crippen LogP contribution in [-0.2, 0) is 6.42 Å². The average Bonchev–Trinajstić information content (AvgIpc) is 2.97. The second kappa shape index (κ2) is 7.49. The zero-order valence-corrected chi connectivity index (χ0v) is 14.9. The van der Waals surface area contributed by atoms with Gasteiger partial charge in [0.15, 0.2) is 5.69 Å². The first-order valence-electron chi connectivity index (χ1n) is 8.06.